The zero-order valence-corrected chi connectivity index (χ0v) is 18.3. The predicted molar refractivity (Wildman–Crippen MR) is 113 cm³/mol. The number of unbranched alkanes of at least 4 members (excludes halogenated alkanes) is 1. The van der Waals surface area contributed by atoms with Crippen LogP contribution in [0.4, 0.5) is 0 Å². The van der Waals surface area contributed by atoms with Gasteiger partial charge < -0.3 is 4.43 Å². The van der Waals surface area contributed by atoms with Crippen LogP contribution in [0.1, 0.15) is 45.6 Å². The zero-order chi connectivity index (χ0) is 19.6. The van der Waals surface area contributed by atoms with E-state index < -0.39 is 8.32 Å². The van der Waals surface area contributed by atoms with Crippen LogP contribution in [-0.2, 0) is 11.0 Å². The van der Waals surface area contributed by atoms with Crippen LogP contribution in [0.15, 0.2) is 43.0 Å². The quantitative estimate of drug-likeness (QED) is 0.281. The van der Waals surface area contributed by atoms with Gasteiger partial charge in [0.1, 0.15) is 0 Å². The van der Waals surface area contributed by atoms with Gasteiger partial charge in [-0.25, -0.2) is 0 Å². The third kappa shape index (κ3) is 7.45. The molecule has 0 aliphatic carbocycles. The molecular formula is C22H36N2OSi. The molecule has 1 rings (SSSR count). The van der Waals surface area contributed by atoms with Crippen molar-refractivity contribution < 1.29 is 4.43 Å². The van der Waals surface area contributed by atoms with E-state index in [0.717, 1.165) is 39.0 Å². The molecule has 0 fully saturated rings. The van der Waals surface area contributed by atoms with E-state index in [9.17, 15) is 5.26 Å². The first kappa shape index (κ1) is 22.6. The standard InChI is InChI=1S/C22H36N2OSi/c1-7-16-24(19-20-13-9-8-10-14-20)21(18-23)15-11-12-17-25-26(5,6)22(2,3)4/h7-10,13-14,21H,1,11-12,15-17,19H2,2-6H3. The lowest BCUT2D eigenvalue weighted by molar-refractivity contribution is 0.227. The summed E-state index contributed by atoms with van der Waals surface area (Å²) in [5.41, 5.74) is 1.23. The molecule has 3 nitrogen and oxygen atoms in total. The Kier molecular flexibility index (Phi) is 9.28. The highest BCUT2D eigenvalue weighted by Gasteiger charge is 2.36. The summed E-state index contributed by atoms with van der Waals surface area (Å²) >= 11 is 0. The first-order chi connectivity index (χ1) is 12.2. The Morgan fingerprint density at radius 2 is 1.88 bits per heavy atom. The minimum Gasteiger partial charge on any atom is -0.417 e. The molecule has 1 aromatic carbocycles. The average Bonchev–Trinajstić information content (AvgIpc) is 2.58. The highest BCUT2D eigenvalue weighted by molar-refractivity contribution is 6.74. The molecule has 0 saturated carbocycles. The van der Waals surface area contributed by atoms with Crippen molar-refractivity contribution in [3.63, 3.8) is 0 Å². The molecule has 0 saturated heterocycles. The van der Waals surface area contributed by atoms with Crippen molar-refractivity contribution in [2.45, 2.75) is 70.8 Å². The van der Waals surface area contributed by atoms with Crippen LogP contribution in [0.2, 0.25) is 18.1 Å². The lowest BCUT2D eigenvalue weighted by Crippen LogP contribution is -2.41. The van der Waals surface area contributed by atoms with Crippen molar-refractivity contribution in [2.75, 3.05) is 13.2 Å². The molecule has 1 unspecified atom stereocenters. The Morgan fingerprint density at radius 1 is 1.23 bits per heavy atom. The van der Waals surface area contributed by atoms with Crippen molar-refractivity contribution >= 4 is 8.32 Å². The van der Waals surface area contributed by atoms with Gasteiger partial charge in [0.25, 0.3) is 0 Å². The number of benzene rings is 1. The maximum absolute atomic E-state index is 9.64. The Morgan fingerprint density at radius 3 is 2.42 bits per heavy atom. The van der Waals surface area contributed by atoms with Gasteiger partial charge in [-0.3, -0.25) is 4.90 Å². The Bertz CT molecular complexity index is 572. The Hall–Kier alpha value is -1.41. The molecule has 0 spiro atoms. The minimum atomic E-state index is -1.66. The van der Waals surface area contributed by atoms with Gasteiger partial charge in [-0.05, 0) is 43.0 Å². The Balaban J connectivity index is 2.49. The molecule has 0 aliphatic rings. The summed E-state index contributed by atoms with van der Waals surface area (Å²) in [7, 11) is -1.66. The van der Waals surface area contributed by atoms with Crippen molar-refractivity contribution in [2.24, 2.45) is 0 Å². The van der Waals surface area contributed by atoms with Crippen molar-refractivity contribution in [3.05, 3.63) is 48.6 Å². The molecular weight excluding hydrogens is 336 g/mol. The summed E-state index contributed by atoms with van der Waals surface area (Å²) in [4.78, 5) is 2.21. The molecule has 144 valence electrons. The van der Waals surface area contributed by atoms with E-state index in [-0.39, 0.29) is 11.1 Å². The van der Waals surface area contributed by atoms with Gasteiger partial charge in [-0.1, -0.05) is 57.2 Å². The molecule has 0 heterocycles. The van der Waals surface area contributed by atoms with E-state index >= 15 is 0 Å². The monoisotopic (exact) mass is 372 g/mol. The number of hydrogen-bond donors (Lipinski definition) is 0. The maximum atomic E-state index is 9.64. The molecule has 0 amide bonds. The van der Waals surface area contributed by atoms with Crippen molar-refractivity contribution in [1.82, 2.24) is 4.90 Å². The Labute approximate surface area is 161 Å². The summed E-state index contributed by atoms with van der Waals surface area (Å²) in [6, 6.07) is 12.7. The van der Waals surface area contributed by atoms with Crippen molar-refractivity contribution in [3.8, 4) is 6.07 Å². The average molecular weight is 373 g/mol. The predicted octanol–water partition coefficient (Wildman–Crippen LogP) is 5.76. The molecule has 1 atom stereocenters. The van der Waals surface area contributed by atoms with Gasteiger partial charge in [0.05, 0.1) is 12.1 Å². The normalized spacial score (nSPS) is 13.4. The third-order valence-corrected chi connectivity index (χ3v) is 9.86. The summed E-state index contributed by atoms with van der Waals surface area (Å²) in [5, 5.41) is 9.89. The largest absolute Gasteiger partial charge is 0.417 e. The first-order valence-corrected chi connectivity index (χ1v) is 12.5. The maximum Gasteiger partial charge on any atom is 0.191 e. The van der Waals surface area contributed by atoms with E-state index in [4.69, 9.17) is 4.43 Å². The molecule has 0 radical (unpaired) electrons. The fourth-order valence-electron chi connectivity index (χ4n) is 2.60. The SMILES string of the molecule is C=CCN(Cc1ccccc1)C(C#N)CCCCO[Si](C)(C)C(C)(C)C. The van der Waals surface area contributed by atoms with E-state index in [1.165, 1.54) is 5.56 Å². The van der Waals surface area contributed by atoms with E-state index in [0.29, 0.717) is 0 Å². The molecule has 26 heavy (non-hydrogen) atoms. The van der Waals surface area contributed by atoms with Crippen LogP contribution < -0.4 is 0 Å². The highest BCUT2D eigenvalue weighted by atomic mass is 28.4. The first-order valence-electron chi connectivity index (χ1n) is 9.63. The highest BCUT2D eigenvalue weighted by Crippen LogP contribution is 2.36. The summed E-state index contributed by atoms with van der Waals surface area (Å²) < 4.78 is 6.24. The molecule has 0 aliphatic heterocycles. The van der Waals surface area contributed by atoms with E-state index in [1.54, 1.807) is 0 Å². The van der Waals surface area contributed by atoms with Gasteiger partial charge in [-0.2, -0.15) is 5.26 Å². The van der Waals surface area contributed by atoms with Crippen LogP contribution in [0, 0.1) is 11.3 Å². The zero-order valence-electron chi connectivity index (χ0n) is 17.3. The molecule has 4 heteroatoms. The second-order valence-corrected chi connectivity index (χ2v) is 13.3. The van der Waals surface area contributed by atoms with Crippen LogP contribution in [-0.4, -0.2) is 32.4 Å². The number of nitriles is 1. The van der Waals surface area contributed by atoms with Gasteiger partial charge in [0.2, 0.25) is 0 Å². The van der Waals surface area contributed by atoms with E-state index in [2.05, 4.69) is 63.5 Å². The third-order valence-electron chi connectivity index (χ3n) is 5.32. The summed E-state index contributed by atoms with van der Waals surface area (Å²) in [6.45, 7) is 17.5. The van der Waals surface area contributed by atoms with Crippen LogP contribution in [0.25, 0.3) is 0 Å². The number of hydrogen-bond acceptors (Lipinski definition) is 3. The van der Waals surface area contributed by atoms with Gasteiger partial charge in [0, 0.05) is 19.7 Å². The molecule has 0 aromatic heterocycles. The molecule has 0 N–H and O–H groups in total. The molecule has 0 bridgehead atoms. The second kappa shape index (κ2) is 10.7. The lowest BCUT2D eigenvalue weighted by atomic mass is 10.1. The van der Waals surface area contributed by atoms with Gasteiger partial charge >= 0.3 is 0 Å². The number of rotatable bonds is 11. The van der Waals surface area contributed by atoms with Crippen LogP contribution in [0.5, 0.6) is 0 Å². The smallest absolute Gasteiger partial charge is 0.191 e. The fraction of sp³-hybridized carbons (Fsp3) is 0.591. The van der Waals surface area contributed by atoms with Gasteiger partial charge in [0.15, 0.2) is 8.32 Å². The van der Waals surface area contributed by atoms with Crippen LogP contribution in [0.3, 0.4) is 0 Å². The van der Waals surface area contributed by atoms with Crippen molar-refractivity contribution in [1.29, 1.82) is 5.26 Å². The summed E-state index contributed by atoms with van der Waals surface area (Å²) in [5.74, 6) is 0. The van der Waals surface area contributed by atoms with Crippen LogP contribution >= 0.6 is 0 Å². The van der Waals surface area contributed by atoms with E-state index in [1.807, 2.05) is 24.3 Å². The number of nitrogens with zero attached hydrogens (tertiary/aromatic N) is 2. The van der Waals surface area contributed by atoms with Gasteiger partial charge in [-0.15, -0.1) is 6.58 Å². The summed E-state index contributed by atoms with van der Waals surface area (Å²) in [6.07, 6.45) is 4.78. The lowest BCUT2D eigenvalue weighted by Gasteiger charge is -2.36. The second-order valence-electron chi connectivity index (χ2n) is 8.45. The molecule has 1 aromatic rings. The topological polar surface area (TPSA) is 36.3 Å². The minimum absolute atomic E-state index is 0.0823. The fourth-order valence-corrected chi connectivity index (χ4v) is 3.69.